The number of hydrogen-bond acceptors (Lipinski definition) is 4. The lowest BCUT2D eigenvalue weighted by Crippen LogP contribution is -2.15. The van der Waals surface area contributed by atoms with Gasteiger partial charge in [-0.15, -0.1) is 5.10 Å². The summed E-state index contributed by atoms with van der Waals surface area (Å²) in [6.07, 6.45) is 0. The average Bonchev–Trinajstić information content (AvgIpc) is 3.23. The molecule has 1 heterocycles. The fraction of sp³-hybridized carbons (Fsp3) is 0.0435. The first kappa shape index (κ1) is 20.3. The maximum atomic E-state index is 12.9. The maximum absolute atomic E-state index is 12.9. The zero-order valence-electron chi connectivity index (χ0n) is 16.5. The standard InChI is InChI=1S/C23H18ClN5O2/c1-15(30)25-17-12-13-19(24)20(14-17)26-23(31)21-27-22(16-8-4-2-5-9-16)29(28-21)18-10-6-3-7-11-18/h2-14H,1H3,(H,25,30)(H,26,31). The summed E-state index contributed by atoms with van der Waals surface area (Å²) in [5, 5.41) is 10.1. The van der Waals surface area contributed by atoms with Crippen LogP contribution in [-0.4, -0.2) is 26.6 Å². The van der Waals surface area contributed by atoms with Crippen LogP contribution >= 0.6 is 11.6 Å². The zero-order valence-corrected chi connectivity index (χ0v) is 17.3. The molecule has 2 N–H and O–H groups in total. The SMILES string of the molecule is CC(=O)Nc1ccc(Cl)c(NC(=O)c2nc(-c3ccccc3)n(-c3ccccc3)n2)c1. The number of hydrogen-bond donors (Lipinski definition) is 2. The topological polar surface area (TPSA) is 88.9 Å². The molecule has 0 saturated heterocycles. The molecule has 0 atom stereocenters. The number of nitrogens with one attached hydrogen (secondary N) is 2. The quantitative estimate of drug-likeness (QED) is 0.475. The van der Waals surface area contributed by atoms with Crippen LogP contribution in [0.2, 0.25) is 5.02 Å². The molecule has 2 amide bonds. The maximum Gasteiger partial charge on any atom is 0.295 e. The zero-order chi connectivity index (χ0) is 21.8. The monoisotopic (exact) mass is 431 g/mol. The van der Waals surface area contributed by atoms with Crippen LogP contribution in [0.5, 0.6) is 0 Å². The van der Waals surface area contributed by atoms with Crippen molar-refractivity contribution in [2.45, 2.75) is 6.92 Å². The Labute approximate surface area is 183 Å². The molecule has 0 fully saturated rings. The minimum absolute atomic E-state index is 0.0105. The fourth-order valence-electron chi connectivity index (χ4n) is 3.01. The van der Waals surface area contributed by atoms with Gasteiger partial charge in [0.15, 0.2) is 5.82 Å². The molecule has 154 valence electrons. The van der Waals surface area contributed by atoms with Crippen LogP contribution in [0.4, 0.5) is 11.4 Å². The molecule has 0 bridgehead atoms. The Balaban J connectivity index is 1.70. The van der Waals surface area contributed by atoms with Crippen molar-refractivity contribution in [3.63, 3.8) is 0 Å². The van der Waals surface area contributed by atoms with Gasteiger partial charge in [-0.2, -0.15) is 0 Å². The van der Waals surface area contributed by atoms with Gasteiger partial charge in [-0.3, -0.25) is 9.59 Å². The van der Waals surface area contributed by atoms with E-state index in [1.54, 1.807) is 22.9 Å². The number of amides is 2. The van der Waals surface area contributed by atoms with Crippen LogP contribution in [0.15, 0.2) is 78.9 Å². The van der Waals surface area contributed by atoms with Crippen molar-refractivity contribution in [3.05, 3.63) is 89.7 Å². The van der Waals surface area contributed by atoms with E-state index in [0.717, 1.165) is 11.3 Å². The lowest BCUT2D eigenvalue weighted by molar-refractivity contribution is -0.114. The molecule has 0 spiro atoms. The van der Waals surface area contributed by atoms with E-state index >= 15 is 0 Å². The number of aromatic nitrogens is 3. The van der Waals surface area contributed by atoms with Crippen molar-refractivity contribution in [2.24, 2.45) is 0 Å². The first-order chi connectivity index (χ1) is 15.0. The van der Waals surface area contributed by atoms with Crippen LogP contribution in [0.1, 0.15) is 17.5 Å². The van der Waals surface area contributed by atoms with Gasteiger partial charge in [0.1, 0.15) is 0 Å². The molecular weight excluding hydrogens is 414 g/mol. The molecule has 0 aliphatic carbocycles. The Morgan fingerprint density at radius 3 is 2.26 bits per heavy atom. The number of rotatable bonds is 5. The predicted octanol–water partition coefficient (Wildman–Crippen LogP) is 4.80. The van der Waals surface area contributed by atoms with Crippen molar-refractivity contribution in [1.82, 2.24) is 14.8 Å². The van der Waals surface area contributed by atoms with Crippen molar-refractivity contribution >= 4 is 34.8 Å². The number of nitrogens with zero attached hydrogens (tertiary/aromatic N) is 3. The summed E-state index contributed by atoms with van der Waals surface area (Å²) in [4.78, 5) is 28.7. The highest BCUT2D eigenvalue weighted by Crippen LogP contribution is 2.27. The number of benzene rings is 3. The summed E-state index contributed by atoms with van der Waals surface area (Å²) in [6.45, 7) is 1.40. The van der Waals surface area contributed by atoms with Gasteiger partial charge in [-0.25, -0.2) is 9.67 Å². The van der Waals surface area contributed by atoms with Crippen molar-refractivity contribution in [3.8, 4) is 17.1 Å². The smallest absolute Gasteiger partial charge is 0.295 e. The van der Waals surface area contributed by atoms with E-state index in [-0.39, 0.29) is 11.7 Å². The van der Waals surface area contributed by atoms with Gasteiger partial charge in [0.05, 0.1) is 16.4 Å². The molecule has 8 heteroatoms. The molecule has 1 aromatic heterocycles. The second-order valence-electron chi connectivity index (χ2n) is 6.70. The second kappa shape index (κ2) is 8.81. The van der Waals surface area contributed by atoms with Crippen molar-refractivity contribution < 1.29 is 9.59 Å². The molecule has 4 rings (SSSR count). The Hall–Kier alpha value is -3.97. The fourth-order valence-corrected chi connectivity index (χ4v) is 3.18. The molecule has 31 heavy (non-hydrogen) atoms. The van der Waals surface area contributed by atoms with Crippen molar-refractivity contribution in [1.29, 1.82) is 0 Å². The summed E-state index contributed by atoms with van der Waals surface area (Å²) in [5.41, 5.74) is 2.46. The molecule has 3 aromatic carbocycles. The minimum Gasteiger partial charge on any atom is -0.326 e. The van der Waals surface area contributed by atoms with Crippen LogP contribution in [0.25, 0.3) is 17.1 Å². The molecule has 0 radical (unpaired) electrons. The van der Waals surface area contributed by atoms with Gasteiger partial charge in [0.2, 0.25) is 11.7 Å². The van der Waals surface area contributed by atoms with Gasteiger partial charge < -0.3 is 10.6 Å². The minimum atomic E-state index is -0.520. The molecular formula is C23H18ClN5O2. The molecule has 0 aliphatic rings. The van der Waals surface area contributed by atoms with E-state index in [0.29, 0.717) is 22.2 Å². The van der Waals surface area contributed by atoms with E-state index in [1.165, 1.54) is 6.92 Å². The van der Waals surface area contributed by atoms with Crippen LogP contribution in [-0.2, 0) is 4.79 Å². The molecule has 0 aliphatic heterocycles. The third kappa shape index (κ3) is 4.62. The highest BCUT2D eigenvalue weighted by Gasteiger charge is 2.19. The highest BCUT2D eigenvalue weighted by molar-refractivity contribution is 6.34. The van der Waals surface area contributed by atoms with E-state index in [1.807, 2.05) is 60.7 Å². The Bertz CT molecular complexity index is 1180. The van der Waals surface area contributed by atoms with Crippen molar-refractivity contribution in [2.75, 3.05) is 10.6 Å². The van der Waals surface area contributed by atoms with Gasteiger partial charge in [0.25, 0.3) is 5.91 Å². The summed E-state index contributed by atoms with van der Waals surface area (Å²) in [6, 6.07) is 23.8. The number of carbonyl (C=O) groups is 2. The first-order valence-electron chi connectivity index (χ1n) is 9.47. The predicted molar refractivity (Wildman–Crippen MR) is 121 cm³/mol. The lowest BCUT2D eigenvalue weighted by Gasteiger charge is -2.08. The van der Waals surface area contributed by atoms with E-state index in [4.69, 9.17) is 11.6 Å². The Morgan fingerprint density at radius 1 is 0.903 bits per heavy atom. The first-order valence-corrected chi connectivity index (χ1v) is 9.85. The molecule has 7 nitrogen and oxygen atoms in total. The highest BCUT2D eigenvalue weighted by atomic mass is 35.5. The number of halogens is 1. The van der Waals surface area contributed by atoms with E-state index in [2.05, 4.69) is 20.7 Å². The average molecular weight is 432 g/mol. The normalized spacial score (nSPS) is 10.5. The Kier molecular flexibility index (Phi) is 5.77. The van der Waals surface area contributed by atoms with Crippen LogP contribution < -0.4 is 10.6 Å². The Morgan fingerprint density at radius 2 is 1.58 bits per heavy atom. The summed E-state index contributed by atoms with van der Waals surface area (Å²) >= 11 is 6.22. The molecule has 4 aromatic rings. The van der Waals surface area contributed by atoms with Gasteiger partial charge in [-0.05, 0) is 30.3 Å². The summed E-state index contributed by atoms with van der Waals surface area (Å²) < 4.78 is 1.62. The summed E-state index contributed by atoms with van der Waals surface area (Å²) in [5.74, 6) is -0.220. The van der Waals surface area contributed by atoms with Crippen LogP contribution in [0.3, 0.4) is 0 Å². The lowest BCUT2D eigenvalue weighted by atomic mass is 10.2. The third-order valence-electron chi connectivity index (χ3n) is 4.38. The van der Waals surface area contributed by atoms with Crippen LogP contribution in [0, 0.1) is 0 Å². The number of anilines is 2. The van der Waals surface area contributed by atoms with E-state index in [9.17, 15) is 9.59 Å². The van der Waals surface area contributed by atoms with Gasteiger partial charge in [-0.1, -0.05) is 60.1 Å². The van der Waals surface area contributed by atoms with Gasteiger partial charge in [0, 0.05) is 18.2 Å². The summed E-state index contributed by atoms with van der Waals surface area (Å²) in [7, 11) is 0. The van der Waals surface area contributed by atoms with Gasteiger partial charge >= 0.3 is 0 Å². The second-order valence-corrected chi connectivity index (χ2v) is 7.11. The number of para-hydroxylation sites is 1. The largest absolute Gasteiger partial charge is 0.326 e. The molecule has 0 unspecified atom stereocenters. The number of carbonyl (C=O) groups excluding carboxylic acids is 2. The molecule has 0 saturated carbocycles. The third-order valence-corrected chi connectivity index (χ3v) is 4.71. The van der Waals surface area contributed by atoms with E-state index < -0.39 is 5.91 Å².